The molecule has 32 heavy (non-hydrogen) atoms. The fraction of sp³-hybridized carbons (Fsp3) is 0.435. The van der Waals surface area contributed by atoms with Gasteiger partial charge in [0.2, 0.25) is 0 Å². The van der Waals surface area contributed by atoms with E-state index in [-0.39, 0.29) is 24.5 Å². The summed E-state index contributed by atoms with van der Waals surface area (Å²) in [5.41, 5.74) is 1.23. The van der Waals surface area contributed by atoms with Crippen molar-refractivity contribution in [1.29, 1.82) is 5.26 Å². The molecule has 1 saturated heterocycles. The van der Waals surface area contributed by atoms with Gasteiger partial charge in [0, 0.05) is 24.5 Å². The number of nitriles is 1. The van der Waals surface area contributed by atoms with E-state index >= 15 is 0 Å². The summed E-state index contributed by atoms with van der Waals surface area (Å²) in [5.74, 6) is -0.612. The van der Waals surface area contributed by atoms with Crippen LogP contribution in [0.25, 0.3) is 0 Å². The number of carbonyl (C=O) groups excluding carboxylic acids is 1. The second-order valence-electron chi connectivity index (χ2n) is 8.28. The second-order valence-corrected chi connectivity index (χ2v) is 8.28. The quantitative estimate of drug-likeness (QED) is 0.767. The lowest BCUT2D eigenvalue weighted by molar-refractivity contribution is -0.137. The minimum absolute atomic E-state index is 0.0813. The van der Waals surface area contributed by atoms with Crippen molar-refractivity contribution in [2.24, 2.45) is 0 Å². The molecule has 4 rings (SSSR count). The van der Waals surface area contributed by atoms with Gasteiger partial charge in [0.05, 0.1) is 11.7 Å². The minimum Gasteiger partial charge on any atom is -0.390 e. The van der Waals surface area contributed by atoms with Gasteiger partial charge in [0.1, 0.15) is 23.5 Å². The zero-order chi connectivity index (χ0) is 23.2. The Balaban J connectivity index is 1.78. The van der Waals surface area contributed by atoms with E-state index in [0.717, 1.165) is 35.7 Å². The molecule has 3 heterocycles. The van der Waals surface area contributed by atoms with Crippen LogP contribution in [0, 0.1) is 25.2 Å². The Kier molecular flexibility index (Phi) is 5.59. The first-order chi connectivity index (χ1) is 15.1. The summed E-state index contributed by atoms with van der Waals surface area (Å²) in [6.45, 7) is 3.95. The van der Waals surface area contributed by atoms with E-state index in [0.29, 0.717) is 6.54 Å². The number of hydrogen-bond donors (Lipinski definition) is 1. The Morgan fingerprint density at radius 2 is 2.03 bits per heavy atom. The van der Waals surface area contributed by atoms with Crippen molar-refractivity contribution in [2.45, 2.75) is 51.4 Å². The molecule has 2 aliphatic heterocycles. The van der Waals surface area contributed by atoms with Gasteiger partial charge in [-0.05, 0) is 56.4 Å². The smallest absolute Gasteiger partial charge is 0.390 e. The summed E-state index contributed by atoms with van der Waals surface area (Å²) < 4.78 is 40.8. The van der Waals surface area contributed by atoms with Gasteiger partial charge in [0.25, 0.3) is 5.91 Å². The zero-order valence-electron chi connectivity index (χ0n) is 17.8. The SMILES string of the molecule is Cc1cc(C(F)(F)F)c(C#N)c(N2CC[C@@H](O)[C@H]2C(=O)N2CCCc3c(C)cccc32)n1. The summed E-state index contributed by atoms with van der Waals surface area (Å²) in [6.07, 6.45) is -4.06. The van der Waals surface area contributed by atoms with E-state index < -0.39 is 35.4 Å². The minimum atomic E-state index is -4.74. The number of nitrogens with zero attached hydrogens (tertiary/aromatic N) is 4. The van der Waals surface area contributed by atoms with E-state index in [1.165, 1.54) is 11.8 Å². The molecule has 1 aromatic heterocycles. The zero-order valence-corrected chi connectivity index (χ0v) is 17.8. The van der Waals surface area contributed by atoms with Gasteiger partial charge < -0.3 is 14.9 Å². The van der Waals surface area contributed by atoms with E-state index in [4.69, 9.17) is 0 Å². The fourth-order valence-corrected chi connectivity index (χ4v) is 4.70. The van der Waals surface area contributed by atoms with Gasteiger partial charge in [-0.1, -0.05) is 12.1 Å². The Hall–Kier alpha value is -3.12. The number of alkyl halides is 3. The maximum absolute atomic E-state index is 13.6. The molecular formula is C23H23F3N4O2. The maximum Gasteiger partial charge on any atom is 0.417 e. The number of rotatable bonds is 2. The van der Waals surface area contributed by atoms with Crippen LogP contribution in [0.3, 0.4) is 0 Å². The Morgan fingerprint density at radius 1 is 1.28 bits per heavy atom. The van der Waals surface area contributed by atoms with Gasteiger partial charge in [-0.3, -0.25) is 4.79 Å². The first-order valence-electron chi connectivity index (χ1n) is 10.5. The average molecular weight is 444 g/mol. The molecule has 2 atom stereocenters. The van der Waals surface area contributed by atoms with Crippen LogP contribution in [-0.4, -0.2) is 41.2 Å². The Bertz CT molecular complexity index is 1110. The first kappa shape index (κ1) is 22.1. The first-order valence-corrected chi connectivity index (χ1v) is 10.5. The molecule has 6 nitrogen and oxygen atoms in total. The number of fused-ring (bicyclic) bond motifs is 1. The number of hydrogen-bond acceptors (Lipinski definition) is 5. The van der Waals surface area contributed by atoms with Gasteiger partial charge in [-0.2, -0.15) is 18.4 Å². The van der Waals surface area contributed by atoms with E-state index in [2.05, 4.69) is 4.98 Å². The molecule has 1 N–H and O–H groups in total. The van der Waals surface area contributed by atoms with Crippen molar-refractivity contribution >= 4 is 17.4 Å². The monoisotopic (exact) mass is 444 g/mol. The highest BCUT2D eigenvalue weighted by Crippen LogP contribution is 2.39. The number of pyridine rings is 1. The molecule has 2 aromatic rings. The second kappa shape index (κ2) is 8.10. The molecule has 1 aromatic carbocycles. The van der Waals surface area contributed by atoms with Crippen LogP contribution in [0.1, 0.15) is 40.8 Å². The fourth-order valence-electron chi connectivity index (χ4n) is 4.70. The predicted molar refractivity (Wildman–Crippen MR) is 112 cm³/mol. The predicted octanol–water partition coefficient (Wildman–Crippen LogP) is 3.51. The molecule has 1 fully saturated rings. The third kappa shape index (κ3) is 3.69. The molecule has 168 valence electrons. The molecule has 9 heteroatoms. The van der Waals surface area contributed by atoms with Crippen molar-refractivity contribution < 1.29 is 23.1 Å². The van der Waals surface area contributed by atoms with Crippen molar-refractivity contribution in [3.63, 3.8) is 0 Å². The van der Waals surface area contributed by atoms with E-state index in [1.807, 2.05) is 25.1 Å². The summed E-state index contributed by atoms with van der Waals surface area (Å²) in [4.78, 5) is 20.8. The van der Waals surface area contributed by atoms with Crippen LogP contribution in [-0.2, 0) is 17.4 Å². The lowest BCUT2D eigenvalue weighted by atomic mass is 9.96. The Labute approximate surface area is 183 Å². The number of aliphatic hydroxyl groups excluding tert-OH is 1. The van der Waals surface area contributed by atoms with Crippen LogP contribution in [0.15, 0.2) is 24.3 Å². The molecule has 2 aliphatic rings. The normalized spacial score (nSPS) is 20.8. The number of carbonyl (C=O) groups is 1. The van der Waals surface area contributed by atoms with Gasteiger partial charge in [-0.25, -0.2) is 4.98 Å². The largest absolute Gasteiger partial charge is 0.417 e. The molecule has 1 amide bonds. The van der Waals surface area contributed by atoms with Crippen molar-refractivity contribution in [3.05, 3.63) is 52.2 Å². The van der Waals surface area contributed by atoms with Crippen LogP contribution < -0.4 is 9.80 Å². The van der Waals surface area contributed by atoms with Gasteiger partial charge >= 0.3 is 6.18 Å². The average Bonchev–Trinajstić information content (AvgIpc) is 3.13. The van der Waals surface area contributed by atoms with E-state index in [9.17, 15) is 28.3 Å². The standard InChI is InChI=1S/C23H23F3N4O2/c1-13-5-3-7-18-15(13)6-4-9-29(18)22(32)20-19(31)8-10-30(20)21-16(12-27)17(23(24,25)26)11-14(2)28-21/h3,5,7,11,19-20,31H,4,6,8-10H2,1-2H3/t19-,20+/m1/s1. The van der Waals surface area contributed by atoms with Crippen molar-refractivity contribution in [2.75, 3.05) is 22.9 Å². The maximum atomic E-state index is 13.6. The van der Waals surface area contributed by atoms with E-state index in [1.54, 1.807) is 11.0 Å². The van der Waals surface area contributed by atoms with Crippen molar-refractivity contribution in [1.82, 2.24) is 4.98 Å². The lowest BCUT2D eigenvalue weighted by Crippen LogP contribution is -2.52. The van der Waals surface area contributed by atoms with Gasteiger partial charge in [0.15, 0.2) is 0 Å². The third-order valence-electron chi connectivity index (χ3n) is 6.19. The lowest BCUT2D eigenvalue weighted by Gasteiger charge is -2.36. The van der Waals surface area contributed by atoms with Crippen LogP contribution >= 0.6 is 0 Å². The molecule has 0 unspecified atom stereocenters. The summed E-state index contributed by atoms with van der Waals surface area (Å²) in [7, 11) is 0. The van der Waals surface area contributed by atoms with Crippen LogP contribution in [0.4, 0.5) is 24.7 Å². The highest BCUT2D eigenvalue weighted by molar-refractivity contribution is 6.01. The molecule has 0 bridgehead atoms. The number of anilines is 2. The van der Waals surface area contributed by atoms with Crippen LogP contribution in [0.2, 0.25) is 0 Å². The number of benzene rings is 1. The third-order valence-corrected chi connectivity index (χ3v) is 6.19. The van der Waals surface area contributed by atoms with Crippen molar-refractivity contribution in [3.8, 4) is 6.07 Å². The highest BCUT2D eigenvalue weighted by atomic mass is 19.4. The molecule has 0 aliphatic carbocycles. The number of halogens is 3. The Morgan fingerprint density at radius 3 is 2.72 bits per heavy atom. The summed E-state index contributed by atoms with van der Waals surface area (Å²) in [5, 5.41) is 20.2. The number of aliphatic hydroxyl groups is 1. The summed E-state index contributed by atoms with van der Waals surface area (Å²) >= 11 is 0. The number of aryl methyl sites for hydroxylation is 2. The molecule has 0 saturated carbocycles. The number of amides is 1. The van der Waals surface area contributed by atoms with Crippen LogP contribution in [0.5, 0.6) is 0 Å². The topological polar surface area (TPSA) is 80.5 Å². The molecule has 0 radical (unpaired) electrons. The molecular weight excluding hydrogens is 421 g/mol. The van der Waals surface area contributed by atoms with Gasteiger partial charge in [-0.15, -0.1) is 0 Å². The number of aromatic nitrogens is 1. The summed E-state index contributed by atoms with van der Waals surface area (Å²) in [6, 6.07) is 7.00. The molecule has 0 spiro atoms. The highest BCUT2D eigenvalue weighted by Gasteiger charge is 2.45.